The van der Waals surface area contributed by atoms with Crippen molar-refractivity contribution in [3.05, 3.63) is 57.6 Å². The zero-order valence-corrected chi connectivity index (χ0v) is 12.8. The highest BCUT2D eigenvalue weighted by Gasteiger charge is 2.16. The van der Waals surface area contributed by atoms with E-state index in [4.69, 9.17) is 38.4 Å². The lowest BCUT2D eigenvalue weighted by molar-refractivity contribution is 0.171. The third-order valence-electron chi connectivity index (χ3n) is 3.44. The minimum atomic E-state index is -0.184. The van der Waals surface area contributed by atoms with E-state index in [9.17, 15) is 0 Å². The molecule has 0 fully saturated rings. The molecule has 2 N–H and O–H groups in total. The minimum absolute atomic E-state index is 0.184. The molecule has 2 aromatic rings. The molecule has 110 valence electrons. The Hall–Kier alpha value is -1.42. The lowest BCUT2D eigenvalue weighted by Crippen LogP contribution is -2.17. The van der Waals surface area contributed by atoms with Gasteiger partial charge in [0.2, 0.25) is 0 Å². The van der Waals surface area contributed by atoms with Crippen LogP contribution in [0, 0.1) is 0 Å². The topological polar surface area (TPSA) is 44.5 Å². The van der Waals surface area contributed by atoms with Crippen LogP contribution in [-0.4, -0.2) is 13.2 Å². The van der Waals surface area contributed by atoms with Gasteiger partial charge in [0, 0.05) is 16.1 Å². The van der Waals surface area contributed by atoms with E-state index < -0.39 is 0 Å². The van der Waals surface area contributed by atoms with Crippen LogP contribution in [0.3, 0.4) is 0 Å². The van der Waals surface area contributed by atoms with E-state index in [-0.39, 0.29) is 6.04 Å². The Bertz CT molecular complexity index is 661. The number of fused-ring (bicyclic) bond motifs is 1. The number of hydrogen-bond donors (Lipinski definition) is 1. The molecule has 1 aliphatic heterocycles. The van der Waals surface area contributed by atoms with Crippen LogP contribution in [0.5, 0.6) is 11.5 Å². The molecule has 21 heavy (non-hydrogen) atoms. The predicted octanol–water partition coefficient (Wildman–Crippen LogP) is 4.01. The van der Waals surface area contributed by atoms with Crippen LogP contribution in [0.1, 0.15) is 17.2 Å². The van der Waals surface area contributed by atoms with Crippen LogP contribution >= 0.6 is 23.2 Å². The average Bonchev–Trinajstić information content (AvgIpc) is 2.50. The van der Waals surface area contributed by atoms with Gasteiger partial charge in [-0.15, -0.1) is 0 Å². The van der Waals surface area contributed by atoms with Crippen molar-refractivity contribution < 1.29 is 9.47 Å². The molecular formula is C16H15Cl2NO2. The molecule has 3 rings (SSSR count). The maximum atomic E-state index is 6.28. The zero-order chi connectivity index (χ0) is 14.8. The second-order valence-corrected chi connectivity index (χ2v) is 5.79. The van der Waals surface area contributed by atoms with Crippen molar-refractivity contribution in [3.63, 3.8) is 0 Å². The maximum absolute atomic E-state index is 6.28. The molecule has 3 nitrogen and oxygen atoms in total. The molecule has 0 bridgehead atoms. The monoisotopic (exact) mass is 323 g/mol. The van der Waals surface area contributed by atoms with E-state index in [1.807, 2.05) is 24.3 Å². The smallest absolute Gasteiger partial charge is 0.161 e. The van der Waals surface area contributed by atoms with Crippen molar-refractivity contribution in [2.45, 2.75) is 12.5 Å². The Balaban J connectivity index is 1.82. The first-order valence-corrected chi connectivity index (χ1v) is 7.48. The summed E-state index contributed by atoms with van der Waals surface area (Å²) in [5.74, 6) is 1.50. The SMILES string of the molecule is NC(Cc1cc(Cl)ccc1Cl)c1ccc2c(c1)OCCO2. The van der Waals surface area contributed by atoms with E-state index in [0.29, 0.717) is 29.7 Å². The lowest BCUT2D eigenvalue weighted by atomic mass is 9.99. The fourth-order valence-electron chi connectivity index (χ4n) is 2.35. The summed E-state index contributed by atoms with van der Waals surface area (Å²) in [6.07, 6.45) is 0.610. The molecule has 0 saturated heterocycles. The standard InChI is InChI=1S/C16H15Cl2NO2/c17-12-2-3-13(18)11(7-12)8-14(19)10-1-4-15-16(9-10)21-6-5-20-15/h1-4,7,9,14H,5-6,8,19H2. The fourth-order valence-corrected chi connectivity index (χ4v) is 2.73. The Morgan fingerprint density at radius 1 is 1.00 bits per heavy atom. The van der Waals surface area contributed by atoms with Crippen molar-refractivity contribution in [2.24, 2.45) is 5.73 Å². The molecule has 0 amide bonds. The molecule has 0 radical (unpaired) electrons. The number of hydrogen-bond acceptors (Lipinski definition) is 3. The van der Waals surface area contributed by atoms with E-state index in [1.54, 1.807) is 12.1 Å². The zero-order valence-electron chi connectivity index (χ0n) is 11.3. The van der Waals surface area contributed by atoms with Crippen molar-refractivity contribution in [3.8, 4) is 11.5 Å². The summed E-state index contributed by atoms with van der Waals surface area (Å²) in [6.45, 7) is 1.14. The first-order valence-electron chi connectivity index (χ1n) is 6.72. The summed E-state index contributed by atoms with van der Waals surface area (Å²) < 4.78 is 11.1. The molecule has 5 heteroatoms. The van der Waals surface area contributed by atoms with Gasteiger partial charge in [-0.05, 0) is 47.9 Å². The quantitative estimate of drug-likeness (QED) is 0.928. The summed E-state index contributed by atoms with van der Waals surface area (Å²) in [5.41, 5.74) is 8.20. The van der Waals surface area contributed by atoms with Crippen molar-refractivity contribution in [1.29, 1.82) is 0 Å². The van der Waals surface area contributed by atoms with Crippen molar-refractivity contribution in [1.82, 2.24) is 0 Å². The Morgan fingerprint density at radius 2 is 1.76 bits per heavy atom. The number of rotatable bonds is 3. The second-order valence-electron chi connectivity index (χ2n) is 4.95. The predicted molar refractivity (Wildman–Crippen MR) is 84.5 cm³/mol. The summed E-state index contributed by atoms with van der Waals surface area (Å²) in [4.78, 5) is 0. The van der Waals surface area contributed by atoms with E-state index in [0.717, 1.165) is 22.6 Å². The molecule has 0 aliphatic carbocycles. The molecule has 0 saturated carbocycles. The average molecular weight is 324 g/mol. The van der Waals surface area contributed by atoms with E-state index in [1.165, 1.54) is 0 Å². The van der Waals surface area contributed by atoms with Crippen LogP contribution in [0.2, 0.25) is 10.0 Å². The van der Waals surface area contributed by atoms with Crippen LogP contribution in [0.4, 0.5) is 0 Å². The highest BCUT2D eigenvalue weighted by molar-refractivity contribution is 6.33. The van der Waals surface area contributed by atoms with Crippen LogP contribution in [0.15, 0.2) is 36.4 Å². The van der Waals surface area contributed by atoms with Crippen LogP contribution in [0.25, 0.3) is 0 Å². The molecular weight excluding hydrogens is 309 g/mol. The highest BCUT2D eigenvalue weighted by Crippen LogP contribution is 2.33. The molecule has 0 aromatic heterocycles. The maximum Gasteiger partial charge on any atom is 0.161 e. The van der Waals surface area contributed by atoms with Gasteiger partial charge in [0.25, 0.3) is 0 Å². The van der Waals surface area contributed by atoms with Gasteiger partial charge in [0.1, 0.15) is 13.2 Å². The van der Waals surface area contributed by atoms with Gasteiger partial charge in [-0.2, -0.15) is 0 Å². The number of nitrogens with two attached hydrogens (primary N) is 1. The number of halogens is 2. The van der Waals surface area contributed by atoms with Crippen LogP contribution < -0.4 is 15.2 Å². The third kappa shape index (κ3) is 3.26. The molecule has 0 spiro atoms. The lowest BCUT2D eigenvalue weighted by Gasteiger charge is -2.20. The third-order valence-corrected chi connectivity index (χ3v) is 4.05. The summed E-state index contributed by atoms with van der Waals surface area (Å²) in [6, 6.07) is 11.0. The van der Waals surface area contributed by atoms with Gasteiger partial charge in [0.05, 0.1) is 0 Å². The highest BCUT2D eigenvalue weighted by atomic mass is 35.5. The van der Waals surface area contributed by atoms with E-state index >= 15 is 0 Å². The molecule has 1 heterocycles. The van der Waals surface area contributed by atoms with Gasteiger partial charge >= 0.3 is 0 Å². The molecule has 1 atom stereocenters. The van der Waals surface area contributed by atoms with Crippen molar-refractivity contribution in [2.75, 3.05) is 13.2 Å². The van der Waals surface area contributed by atoms with E-state index in [2.05, 4.69) is 0 Å². The van der Waals surface area contributed by atoms with Gasteiger partial charge in [-0.25, -0.2) is 0 Å². The number of benzene rings is 2. The number of ether oxygens (including phenoxy) is 2. The summed E-state index contributed by atoms with van der Waals surface area (Å²) in [7, 11) is 0. The normalized spacial score (nSPS) is 14.8. The largest absolute Gasteiger partial charge is 0.486 e. The van der Waals surface area contributed by atoms with Crippen molar-refractivity contribution >= 4 is 23.2 Å². The first kappa shape index (κ1) is 14.5. The molecule has 1 aliphatic rings. The van der Waals surface area contributed by atoms with Gasteiger partial charge < -0.3 is 15.2 Å². The van der Waals surface area contributed by atoms with Gasteiger partial charge in [0.15, 0.2) is 11.5 Å². The summed E-state index contributed by atoms with van der Waals surface area (Å²) >= 11 is 12.2. The van der Waals surface area contributed by atoms with Gasteiger partial charge in [-0.1, -0.05) is 29.3 Å². The van der Waals surface area contributed by atoms with Gasteiger partial charge in [-0.3, -0.25) is 0 Å². The molecule has 1 unspecified atom stereocenters. The first-order chi connectivity index (χ1) is 10.1. The van der Waals surface area contributed by atoms with Crippen LogP contribution in [-0.2, 0) is 6.42 Å². The fraction of sp³-hybridized carbons (Fsp3) is 0.250. The minimum Gasteiger partial charge on any atom is -0.486 e. The Labute approximate surface area is 133 Å². The Kier molecular flexibility index (Phi) is 4.24. The second kappa shape index (κ2) is 6.14. The molecule has 2 aromatic carbocycles. The summed E-state index contributed by atoms with van der Waals surface area (Å²) in [5, 5.41) is 1.33. The Morgan fingerprint density at radius 3 is 2.57 bits per heavy atom.